The van der Waals surface area contributed by atoms with Gasteiger partial charge in [0.05, 0.1) is 40.3 Å². The van der Waals surface area contributed by atoms with Crippen LogP contribution in [0, 0.1) is 0 Å². The van der Waals surface area contributed by atoms with Crippen molar-refractivity contribution in [2.24, 2.45) is 0 Å². The largest absolute Gasteiger partial charge is 1.00 e. The number of rotatable bonds is 3. The van der Waals surface area contributed by atoms with E-state index < -0.39 is 11.6 Å². The molecule has 136 valence electrons. The minimum Gasteiger partial charge on any atom is -0.628 e. The molecule has 3 aromatic heterocycles. The molecule has 1 aliphatic rings. The second-order valence-corrected chi connectivity index (χ2v) is 7.10. The summed E-state index contributed by atoms with van der Waals surface area (Å²) in [7, 11) is 0. The van der Waals surface area contributed by atoms with Crippen molar-refractivity contribution in [3.63, 3.8) is 0 Å². The summed E-state index contributed by atoms with van der Waals surface area (Å²) < 4.78 is 12.3. The van der Waals surface area contributed by atoms with Crippen molar-refractivity contribution in [2.45, 2.75) is 6.10 Å². The van der Waals surface area contributed by atoms with Gasteiger partial charge in [0.15, 0.2) is 0 Å². The van der Waals surface area contributed by atoms with E-state index in [2.05, 4.69) is 9.97 Å². The topological polar surface area (TPSA) is 110 Å². The monoisotopic (exact) mass is 389 g/mol. The first kappa shape index (κ1) is 18.8. The third-order valence-corrected chi connectivity index (χ3v) is 5.46. The molecule has 0 radical (unpaired) electrons. The van der Waals surface area contributed by atoms with Gasteiger partial charge in [-0.2, -0.15) is 4.98 Å². The molecular weight excluding hydrogens is 377 g/mol. The third kappa shape index (κ3) is 2.93. The minimum atomic E-state index is -1.12. The second kappa shape index (κ2) is 7.11. The molecule has 5 rings (SSSR count). The Morgan fingerprint density at radius 1 is 1.29 bits per heavy atom. The zero-order chi connectivity index (χ0) is 18.5. The molecular formula is C18H12LiN3O5S. The fourth-order valence-corrected chi connectivity index (χ4v) is 4.02. The molecule has 1 saturated heterocycles. The SMILES string of the molecule is O=c1nc2c(=C([O-])O)sc3nccc(c32)n1-c1ccc(OC2COC2)cc1.[Li+]. The maximum atomic E-state index is 12.7. The van der Waals surface area contributed by atoms with Gasteiger partial charge in [0.2, 0.25) is 0 Å². The van der Waals surface area contributed by atoms with Crippen LogP contribution >= 0.6 is 11.3 Å². The van der Waals surface area contributed by atoms with E-state index in [0.717, 1.165) is 11.3 Å². The molecule has 1 fully saturated rings. The Kier molecular flexibility index (Phi) is 4.77. The molecule has 0 amide bonds. The molecule has 0 atom stereocenters. The Morgan fingerprint density at radius 2 is 2.04 bits per heavy atom. The molecule has 4 heterocycles. The first-order valence-electron chi connectivity index (χ1n) is 8.17. The van der Waals surface area contributed by atoms with Crippen LogP contribution in [0.25, 0.3) is 32.9 Å². The Bertz CT molecular complexity index is 1280. The summed E-state index contributed by atoms with van der Waals surface area (Å²) in [6, 6.07) is 8.79. The molecule has 0 spiro atoms. The summed E-state index contributed by atoms with van der Waals surface area (Å²) in [5.74, 6) is -0.428. The van der Waals surface area contributed by atoms with Crippen molar-refractivity contribution >= 4 is 38.5 Å². The first-order chi connectivity index (χ1) is 13.1. The second-order valence-electron chi connectivity index (χ2n) is 6.10. The Hall–Kier alpha value is -2.57. The summed E-state index contributed by atoms with van der Waals surface area (Å²) in [5.41, 5.74) is 0.816. The Balaban J connectivity index is 0.00000192. The molecule has 28 heavy (non-hydrogen) atoms. The Labute approximate surface area is 173 Å². The number of benzene rings is 1. The number of pyridine rings is 1. The maximum Gasteiger partial charge on any atom is 1.00 e. The van der Waals surface area contributed by atoms with E-state index in [4.69, 9.17) is 9.47 Å². The number of thiophene rings is 1. The fraction of sp³-hybridized carbons (Fsp3) is 0.167. The average molecular weight is 389 g/mol. The van der Waals surface area contributed by atoms with Crippen LogP contribution in [-0.2, 0) is 4.74 Å². The van der Waals surface area contributed by atoms with E-state index in [-0.39, 0.29) is 35.0 Å². The van der Waals surface area contributed by atoms with E-state index in [1.54, 1.807) is 36.5 Å². The van der Waals surface area contributed by atoms with Crippen LogP contribution in [0.5, 0.6) is 5.75 Å². The number of aliphatic hydroxyl groups is 1. The van der Waals surface area contributed by atoms with Crippen LogP contribution in [0.4, 0.5) is 0 Å². The third-order valence-electron chi connectivity index (χ3n) is 4.38. The molecule has 0 bridgehead atoms. The van der Waals surface area contributed by atoms with Crippen LogP contribution in [0.15, 0.2) is 41.3 Å². The zero-order valence-electron chi connectivity index (χ0n) is 14.8. The van der Waals surface area contributed by atoms with Crippen molar-refractivity contribution in [3.05, 3.63) is 51.5 Å². The van der Waals surface area contributed by atoms with E-state index in [1.807, 2.05) is 0 Å². The van der Waals surface area contributed by atoms with Crippen molar-refractivity contribution in [3.8, 4) is 11.4 Å². The smallest absolute Gasteiger partial charge is 0.628 e. The van der Waals surface area contributed by atoms with Crippen molar-refractivity contribution in [2.75, 3.05) is 13.2 Å². The van der Waals surface area contributed by atoms with E-state index in [9.17, 15) is 15.0 Å². The van der Waals surface area contributed by atoms with Gasteiger partial charge in [-0.25, -0.2) is 9.78 Å². The van der Waals surface area contributed by atoms with Crippen molar-refractivity contribution in [1.82, 2.24) is 14.5 Å². The predicted molar refractivity (Wildman–Crippen MR) is 97.0 cm³/mol. The normalized spacial score (nSPS) is 15.3. The Morgan fingerprint density at radius 3 is 2.68 bits per heavy atom. The predicted octanol–water partition coefficient (Wildman–Crippen LogP) is -2.52. The average Bonchev–Trinajstić information content (AvgIpc) is 2.99. The van der Waals surface area contributed by atoms with Gasteiger partial charge >= 0.3 is 24.6 Å². The van der Waals surface area contributed by atoms with Crippen LogP contribution < -0.4 is 38.9 Å². The van der Waals surface area contributed by atoms with Crippen LogP contribution in [0.1, 0.15) is 0 Å². The fourth-order valence-electron chi connectivity index (χ4n) is 3.08. The summed E-state index contributed by atoms with van der Waals surface area (Å²) in [6.45, 7) is 1.15. The van der Waals surface area contributed by atoms with Gasteiger partial charge in [0, 0.05) is 6.20 Å². The van der Waals surface area contributed by atoms with Gasteiger partial charge in [0.1, 0.15) is 22.2 Å². The molecule has 1 aromatic carbocycles. The zero-order valence-corrected chi connectivity index (χ0v) is 15.6. The van der Waals surface area contributed by atoms with Crippen molar-refractivity contribution < 1.29 is 38.5 Å². The summed E-state index contributed by atoms with van der Waals surface area (Å²) in [5, 5.41) is 21.4. The van der Waals surface area contributed by atoms with E-state index >= 15 is 0 Å². The first-order valence-corrected chi connectivity index (χ1v) is 8.98. The number of ether oxygens (including phenoxy) is 2. The van der Waals surface area contributed by atoms with Gasteiger partial charge in [-0.05, 0) is 30.3 Å². The number of aliphatic hydroxyl groups excluding tert-OH is 1. The molecule has 1 N–H and O–H groups in total. The van der Waals surface area contributed by atoms with E-state index in [1.165, 1.54) is 4.57 Å². The van der Waals surface area contributed by atoms with Crippen molar-refractivity contribution in [1.29, 1.82) is 0 Å². The van der Waals surface area contributed by atoms with Crippen LogP contribution in [-0.4, -0.2) is 39.0 Å². The molecule has 4 aromatic rings. The maximum absolute atomic E-state index is 12.7. The summed E-state index contributed by atoms with van der Waals surface area (Å²) >= 11 is 1.01. The van der Waals surface area contributed by atoms with Gasteiger partial charge in [0.25, 0.3) is 0 Å². The number of hydrogen-bond donors (Lipinski definition) is 1. The molecule has 10 heteroatoms. The molecule has 0 aliphatic carbocycles. The van der Waals surface area contributed by atoms with Crippen LogP contribution in [0.2, 0.25) is 0 Å². The van der Waals surface area contributed by atoms with E-state index in [0.29, 0.717) is 40.4 Å². The van der Waals surface area contributed by atoms with Gasteiger partial charge in [-0.3, -0.25) is 4.57 Å². The summed E-state index contributed by atoms with van der Waals surface area (Å²) in [6.07, 6.45) is 1.62. The molecule has 1 aliphatic heterocycles. The number of nitrogens with zero attached hydrogens (tertiary/aromatic N) is 3. The van der Waals surface area contributed by atoms with Gasteiger partial charge in [-0.15, -0.1) is 11.3 Å². The minimum absolute atomic E-state index is 0. The number of aromatic nitrogens is 3. The summed E-state index contributed by atoms with van der Waals surface area (Å²) in [4.78, 5) is 21.5. The van der Waals surface area contributed by atoms with Gasteiger partial charge < -0.3 is 19.7 Å². The standard InChI is InChI=1S/C18H13N3O5S.Li/c22-17(23)15-14-13-12(5-6-19-16(13)27-15)21(18(24)20-14)9-1-3-10(4-2-9)26-11-7-25-8-11;/h1-6,11,22-23H,7-8H2;/q;+1/p-1. The quantitative estimate of drug-likeness (QED) is 0.385. The van der Waals surface area contributed by atoms with Gasteiger partial charge in [-0.1, -0.05) is 0 Å². The van der Waals surface area contributed by atoms with Crippen LogP contribution in [0.3, 0.4) is 0 Å². The molecule has 0 saturated carbocycles. The number of hydrogen-bond acceptors (Lipinski definition) is 8. The molecule has 8 nitrogen and oxygen atoms in total. The molecule has 0 unspecified atom stereocenters.